The molecule has 2 heterocycles. The van der Waals surface area contributed by atoms with Gasteiger partial charge in [-0.2, -0.15) is 5.10 Å². The molecule has 6 heteroatoms. The Morgan fingerprint density at radius 2 is 1.96 bits per heavy atom. The average Bonchev–Trinajstić information content (AvgIpc) is 3.21. The fourth-order valence-electron chi connectivity index (χ4n) is 2.69. The van der Waals surface area contributed by atoms with E-state index in [1.165, 1.54) is 0 Å². The Kier molecular flexibility index (Phi) is 4.70. The normalized spacial score (nSPS) is 12.2. The molecule has 0 radical (unpaired) electrons. The maximum atomic E-state index is 12.4. The molecule has 0 saturated heterocycles. The van der Waals surface area contributed by atoms with Gasteiger partial charge in [0.15, 0.2) is 5.76 Å². The van der Waals surface area contributed by atoms with Crippen LogP contribution in [0.4, 0.5) is 0 Å². The SMILES string of the molecule is CCc1cc(C(C)NC(=O)c2ccc(-n3nc(C)cc3C)cc2)on1. The third kappa shape index (κ3) is 3.63. The molecule has 130 valence electrons. The highest BCUT2D eigenvalue weighted by Crippen LogP contribution is 2.16. The molecule has 1 unspecified atom stereocenters. The molecule has 0 saturated carbocycles. The molecule has 25 heavy (non-hydrogen) atoms. The van der Waals surface area contributed by atoms with Crippen molar-refractivity contribution in [1.82, 2.24) is 20.3 Å². The number of aromatic nitrogens is 3. The molecule has 0 fully saturated rings. The number of carbonyl (C=O) groups excluding carboxylic acids is 1. The molecule has 0 spiro atoms. The maximum absolute atomic E-state index is 12.4. The van der Waals surface area contributed by atoms with Gasteiger partial charge in [-0.15, -0.1) is 0 Å². The molecule has 1 aromatic carbocycles. The van der Waals surface area contributed by atoms with Gasteiger partial charge in [0.1, 0.15) is 0 Å². The van der Waals surface area contributed by atoms with Crippen LogP contribution in [0.5, 0.6) is 0 Å². The standard InChI is InChI=1S/C19H22N4O2/c1-5-16-11-18(25-22-16)14(4)20-19(24)15-6-8-17(9-7-15)23-13(3)10-12(2)21-23/h6-11,14H,5H2,1-4H3,(H,20,24). The Bertz CT molecular complexity index is 877. The molecule has 0 aliphatic rings. The molecule has 6 nitrogen and oxygen atoms in total. The second-order valence-corrected chi connectivity index (χ2v) is 6.16. The summed E-state index contributed by atoms with van der Waals surface area (Å²) in [6, 6.07) is 11.0. The predicted molar refractivity (Wildman–Crippen MR) is 94.8 cm³/mol. The Balaban J connectivity index is 1.71. The van der Waals surface area contributed by atoms with Crippen LogP contribution < -0.4 is 5.32 Å². The van der Waals surface area contributed by atoms with E-state index >= 15 is 0 Å². The molecule has 0 aliphatic carbocycles. The van der Waals surface area contributed by atoms with Crippen molar-refractivity contribution in [2.24, 2.45) is 0 Å². The molecule has 1 atom stereocenters. The second kappa shape index (κ2) is 6.93. The van der Waals surface area contributed by atoms with Crippen LogP contribution in [-0.2, 0) is 6.42 Å². The lowest BCUT2D eigenvalue weighted by Crippen LogP contribution is -2.26. The minimum atomic E-state index is -0.240. The summed E-state index contributed by atoms with van der Waals surface area (Å²) < 4.78 is 7.13. The molecule has 3 aromatic rings. The summed E-state index contributed by atoms with van der Waals surface area (Å²) in [5.74, 6) is 0.506. The first kappa shape index (κ1) is 17.0. The van der Waals surface area contributed by atoms with Crippen molar-refractivity contribution in [1.29, 1.82) is 0 Å². The lowest BCUT2D eigenvalue weighted by atomic mass is 10.1. The van der Waals surface area contributed by atoms with Crippen LogP contribution in [0.1, 0.15) is 53.1 Å². The van der Waals surface area contributed by atoms with E-state index in [-0.39, 0.29) is 11.9 Å². The summed E-state index contributed by atoms with van der Waals surface area (Å²) in [4.78, 5) is 12.4. The van der Waals surface area contributed by atoms with Crippen molar-refractivity contribution in [2.45, 2.75) is 40.2 Å². The summed E-state index contributed by atoms with van der Waals surface area (Å²) >= 11 is 0. The molecule has 2 aromatic heterocycles. The molecular weight excluding hydrogens is 316 g/mol. The van der Waals surface area contributed by atoms with Crippen molar-refractivity contribution in [2.75, 3.05) is 0 Å². The first-order chi connectivity index (χ1) is 12.0. The van der Waals surface area contributed by atoms with E-state index in [4.69, 9.17) is 4.52 Å². The first-order valence-electron chi connectivity index (χ1n) is 8.38. The van der Waals surface area contributed by atoms with Crippen molar-refractivity contribution in [3.05, 3.63) is 64.8 Å². The van der Waals surface area contributed by atoms with Gasteiger partial charge in [0, 0.05) is 17.3 Å². The van der Waals surface area contributed by atoms with Gasteiger partial charge in [0.25, 0.3) is 5.91 Å². The van der Waals surface area contributed by atoms with Gasteiger partial charge < -0.3 is 9.84 Å². The zero-order chi connectivity index (χ0) is 18.0. The lowest BCUT2D eigenvalue weighted by Gasteiger charge is -2.11. The first-order valence-corrected chi connectivity index (χ1v) is 8.38. The number of benzene rings is 1. The maximum Gasteiger partial charge on any atom is 0.251 e. The zero-order valence-electron chi connectivity index (χ0n) is 14.9. The van der Waals surface area contributed by atoms with Crippen molar-refractivity contribution in [3.63, 3.8) is 0 Å². The highest BCUT2D eigenvalue weighted by molar-refractivity contribution is 5.94. The topological polar surface area (TPSA) is 73.0 Å². The van der Waals surface area contributed by atoms with E-state index in [0.29, 0.717) is 11.3 Å². The van der Waals surface area contributed by atoms with Gasteiger partial charge in [-0.25, -0.2) is 4.68 Å². The number of carbonyl (C=O) groups is 1. The number of nitrogens with zero attached hydrogens (tertiary/aromatic N) is 3. The van der Waals surface area contributed by atoms with E-state index in [0.717, 1.165) is 29.2 Å². The summed E-state index contributed by atoms with van der Waals surface area (Å²) in [6.45, 7) is 7.85. The predicted octanol–water partition coefficient (Wildman–Crippen LogP) is 3.53. The lowest BCUT2D eigenvalue weighted by molar-refractivity contribution is 0.0934. The van der Waals surface area contributed by atoms with Gasteiger partial charge in [0.05, 0.1) is 23.1 Å². The smallest absolute Gasteiger partial charge is 0.251 e. The fraction of sp³-hybridized carbons (Fsp3) is 0.316. The van der Waals surface area contributed by atoms with Crippen molar-refractivity contribution in [3.8, 4) is 5.69 Å². The van der Waals surface area contributed by atoms with E-state index in [1.807, 2.05) is 56.6 Å². The highest BCUT2D eigenvalue weighted by Gasteiger charge is 2.16. The molecule has 3 rings (SSSR count). The number of hydrogen-bond acceptors (Lipinski definition) is 4. The van der Waals surface area contributed by atoms with Crippen LogP contribution >= 0.6 is 0 Å². The van der Waals surface area contributed by atoms with Crippen molar-refractivity contribution >= 4 is 5.91 Å². The number of nitrogens with one attached hydrogen (secondary N) is 1. The van der Waals surface area contributed by atoms with Gasteiger partial charge in [-0.05, 0) is 57.5 Å². The molecule has 1 amide bonds. The van der Waals surface area contributed by atoms with Crippen LogP contribution in [0.2, 0.25) is 0 Å². The average molecular weight is 338 g/mol. The van der Waals surface area contributed by atoms with Crippen LogP contribution in [0.15, 0.2) is 40.9 Å². The van der Waals surface area contributed by atoms with E-state index in [2.05, 4.69) is 15.6 Å². The second-order valence-electron chi connectivity index (χ2n) is 6.16. The minimum absolute atomic E-state index is 0.151. The Labute approximate surface area is 146 Å². The summed E-state index contributed by atoms with van der Waals surface area (Å²) in [7, 11) is 0. The quantitative estimate of drug-likeness (QED) is 0.772. The van der Waals surface area contributed by atoms with Gasteiger partial charge in [-0.1, -0.05) is 12.1 Å². The molecular formula is C19H22N4O2. The van der Waals surface area contributed by atoms with E-state index < -0.39 is 0 Å². The van der Waals surface area contributed by atoms with Crippen LogP contribution in [0.25, 0.3) is 5.69 Å². The monoisotopic (exact) mass is 338 g/mol. The van der Waals surface area contributed by atoms with Gasteiger partial charge in [0.2, 0.25) is 0 Å². The molecule has 0 aliphatic heterocycles. The molecule has 0 bridgehead atoms. The van der Waals surface area contributed by atoms with E-state index in [1.54, 1.807) is 12.1 Å². The third-order valence-electron chi connectivity index (χ3n) is 4.10. The zero-order valence-corrected chi connectivity index (χ0v) is 14.9. The summed E-state index contributed by atoms with van der Waals surface area (Å²) in [6.07, 6.45) is 0.804. The minimum Gasteiger partial charge on any atom is -0.359 e. The van der Waals surface area contributed by atoms with E-state index in [9.17, 15) is 4.79 Å². The Morgan fingerprint density at radius 3 is 2.52 bits per heavy atom. The Hall–Kier alpha value is -2.89. The molecule has 1 N–H and O–H groups in total. The number of hydrogen-bond donors (Lipinski definition) is 1. The third-order valence-corrected chi connectivity index (χ3v) is 4.10. The fourth-order valence-corrected chi connectivity index (χ4v) is 2.69. The Morgan fingerprint density at radius 1 is 1.24 bits per heavy atom. The summed E-state index contributed by atoms with van der Waals surface area (Å²) in [5.41, 5.74) is 4.42. The number of rotatable bonds is 5. The van der Waals surface area contributed by atoms with Crippen molar-refractivity contribution < 1.29 is 9.32 Å². The van der Waals surface area contributed by atoms with Crippen LogP contribution in [-0.4, -0.2) is 20.8 Å². The van der Waals surface area contributed by atoms with Gasteiger partial charge in [-0.3, -0.25) is 4.79 Å². The number of amides is 1. The highest BCUT2D eigenvalue weighted by atomic mass is 16.5. The summed E-state index contributed by atoms with van der Waals surface area (Å²) in [5, 5.41) is 11.3. The van der Waals surface area contributed by atoms with Gasteiger partial charge >= 0.3 is 0 Å². The van der Waals surface area contributed by atoms with Crippen LogP contribution in [0, 0.1) is 13.8 Å². The largest absolute Gasteiger partial charge is 0.359 e. The van der Waals surface area contributed by atoms with Crippen LogP contribution in [0.3, 0.4) is 0 Å². The number of aryl methyl sites for hydroxylation is 3.